The van der Waals surface area contributed by atoms with Gasteiger partial charge in [0.05, 0.1) is 4.92 Å². The van der Waals surface area contributed by atoms with Crippen LogP contribution >= 0.6 is 0 Å². The molecule has 172 valence electrons. The lowest BCUT2D eigenvalue weighted by Crippen LogP contribution is -3.00. The van der Waals surface area contributed by atoms with Gasteiger partial charge in [0.2, 0.25) is 0 Å². The van der Waals surface area contributed by atoms with Crippen molar-refractivity contribution in [2.24, 2.45) is 0 Å². The van der Waals surface area contributed by atoms with Gasteiger partial charge >= 0.3 is 0 Å². The van der Waals surface area contributed by atoms with Gasteiger partial charge in [-0.3, -0.25) is 14.9 Å². The maximum Gasteiger partial charge on any atom is 0.269 e. The van der Waals surface area contributed by atoms with Crippen molar-refractivity contribution in [2.75, 3.05) is 6.54 Å². The molecule has 0 aliphatic carbocycles. The highest BCUT2D eigenvalue weighted by molar-refractivity contribution is 7.60. The Labute approximate surface area is 198 Å². The third-order valence-corrected chi connectivity index (χ3v) is 5.86. The Morgan fingerprint density at radius 1 is 0.967 bits per heavy atom. The highest BCUT2D eigenvalue weighted by Crippen LogP contribution is 2.22. The summed E-state index contributed by atoms with van der Waals surface area (Å²) in [6, 6.07) is 5.70. The van der Waals surface area contributed by atoms with E-state index in [1.54, 1.807) is 0 Å². The molecule has 7 heteroatoms. The van der Waals surface area contributed by atoms with E-state index in [4.69, 9.17) is 0 Å². The number of unbranched alkanes of at least 4 members (excludes halogenated alkanes) is 8. The van der Waals surface area contributed by atoms with Crippen LogP contribution in [-0.4, -0.2) is 22.1 Å². The van der Waals surface area contributed by atoms with Crippen molar-refractivity contribution in [1.29, 1.82) is 0 Å². The van der Waals surface area contributed by atoms with E-state index in [0.717, 1.165) is 19.3 Å². The van der Waals surface area contributed by atoms with Crippen LogP contribution < -0.4 is 22.3 Å². The van der Waals surface area contributed by atoms with E-state index in [-0.39, 0.29) is 33.3 Å². The standard InChI is InChI=1S/C23H38N2O3S.BrH/c1-3-4-5-6-7-8-9-10-11-17-23(2,29)18-12-19-24-22(26)20-13-15-21(16-14-20)25(27)28;/h13-16,29H,3-12,17-19H2,1-2H3,(H,24,26);1H. The SMILES string of the molecule is CCCCCCCCCCCC(C)([SH2+])CCCNC(=O)c1ccc([N+](=O)[O-])cc1.[Br-]. The first-order valence-corrected chi connectivity index (χ1v) is 11.6. The van der Waals surface area contributed by atoms with E-state index in [0.29, 0.717) is 12.1 Å². The second kappa shape index (κ2) is 16.6. The van der Waals surface area contributed by atoms with Crippen LogP contribution in [0.5, 0.6) is 0 Å². The number of benzene rings is 1. The van der Waals surface area contributed by atoms with Crippen LogP contribution in [0.3, 0.4) is 0 Å². The van der Waals surface area contributed by atoms with Crippen LogP contribution in [0.15, 0.2) is 24.3 Å². The molecule has 1 N–H and O–H groups in total. The molecule has 0 aromatic heterocycles. The van der Waals surface area contributed by atoms with Crippen molar-refractivity contribution in [1.82, 2.24) is 5.32 Å². The minimum Gasteiger partial charge on any atom is -1.00 e. The fourth-order valence-corrected chi connectivity index (χ4v) is 3.82. The zero-order valence-electron chi connectivity index (χ0n) is 18.6. The van der Waals surface area contributed by atoms with Gasteiger partial charge in [-0.25, -0.2) is 0 Å². The van der Waals surface area contributed by atoms with Gasteiger partial charge in [0.25, 0.3) is 11.6 Å². The van der Waals surface area contributed by atoms with E-state index in [9.17, 15) is 14.9 Å². The molecule has 1 aromatic rings. The summed E-state index contributed by atoms with van der Waals surface area (Å²) in [5.41, 5.74) is 0.444. The second-order valence-electron chi connectivity index (χ2n) is 8.30. The third kappa shape index (κ3) is 13.3. The largest absolute Gasteiger partial charge is 1.00 e. The van der Waals surface area contributed by atoms with E-state index < -0.39 is 4.92 Å². The second-order valence-corrected chi connectivity index (χ2v) is 9.51. The number of nitro benzene ring substituents is 1. The summed E-state index contributed by atoms with van der Waals surface area (Å²) in [5.74, 6) is -0.186. The van der Waals surface area contributed by atoms with Gasteiger partial charge in [0.1, 0.15) is 4.75 Å². The van der Waals surface area contributed by atoms with Crippen LogP contribution in [0.2, 0.25) is 0 Å². The maximum absolute atomic E-state index is 12.1. The molecule has 0 saturated heterocycles. The molecule has 5 nitrogen and oxygen atoms in total. The number of hydrogen-bond donors (Lipinski definition) is 1. The van der Waals surface area contributed by atoms with Crippen LogP contribution in [0.4, 0.5) is 5.69 Å². The Kier molecular flexibility index (Phi) is 16.0. The molecule has 0 heterocycles. The van der Waals surface area contributed by atoms with Gasteiger partial charge in [0.15, 0.2) is 0 Å². The van der Waals surface area contributed by atoms with Gasteiger partial charge in [0, 0.05) is 24.2 Å². The zero-order valence-corrected chi connectivity index (χ0v) is 21.1. The van der Waals surface area contributed by atoms with Crippen LogP contribution in [0, 0.1) is 10.1 Å². The monoisotopic (exact) mass is 502 g/mol. The fourth-order valence-electron chi connectivity index (χ4n) is 3.47. The topological polar surface area (TPSA) is 72.2 Å². The van der Waals surface area contributed by atoms with Crippen LogP contribution in [0.1, 0.15) is 101 Å². The van der Waals surface area contributed by atoms with Crippen molar-refractivity contribution < 1.29 is 26.7 Å². The number of nitrogens with zero attached hydrogens (tertiary/aromatic N) is 1. The normalized spacial score (nSPS) is 12.6. The molecule has 1 atom stereocenters. The first kappa shape index (κ1) is 28.9. The Balaban J connectivity index is 0.00000841. The molecule has 1 unspecified atom stereocenters. The summed E-state index contributed by atoms with van der Waals surface area (Å²) in [5, 5.41) is 13.6. The molecule has 0 aliphatic rings. The molecule has 1 amide bonds. The lowest BCUT2D eigenvalue weighted by molar-refractivity contribution is -0.384. The Bertz CT molecular complexity index is 609. The Morgan fingerprint density at radius 2 is 1.47 bits per heavy atom. The molecule has 0 bridgehead atoms. The summed E-state index contributed by atoms with van der Waals surface area (Å²) in [6.45, 7) is 5.09. The first-order chi connectivity index (χ1) is 13.9. The summed E-state index contributed by atoms with van der Waals surface area (Å²) in [6.07, 6.45) is 15.1. The van der Waals surface area contributed by atoms with Gasteiger partial charge < -0.3 is 22.3 Å². The van der Waals surface area contributed by atoms with Crippen molar-refractivity contribution in [3.05, 3.63) is 39.9 Å². The molecule has 30 heavy (non-hydrogen) atoms. The van der Waals surface area contributed by atoms with Gasteiger partial charge in [-0.15, -0.1) is 0 Å². The summed E-state index contributed by atoms with van der Waals surface area (Å²) >= 11 is 3.91. The summed E-state index contributed by atoms with van der Waals surface area (Å²) < 4.78 is 0.110. The molecule has 0 spiro atoms. The number of halogens is 1. The van der Waals surface area contributed by atoms with Crippen molar-refractivity contribution in [3.63, 3.8) is 0 Å². The summed E-state index contributed by atoms with van der Waals surface area (Å²) in [7, 11) is 0. The molecular formula is C23H39BrN2O3S. The summed E-state index contributed by atoms with van der Waals surface area (Å²) in [4.78, 5) is 22.3. The minimum absolute atomic E-state index is 0. The molecular weight excluding hydrogens is 464 g/mol. The van der Waals surface area contributed by atoms with Crippen LogP contribution in [0.25, 0.3) is 0 Å². The van der Waals surface area contributed by atoms with E-state index in [1.165, 1.54) is 82.1 Å². The molecule has 1 aromatic carbocycles. The van der Waals surface area contributed by atoms with Gasteiger partial charge in [-0.1, -0.05) is 58.3 Å². The van der Waals surface area contributed by atoms with Crippen molar-refractivity contribution in [2.45, 2.75) is 95.6 Å². The Morgan fingerprint density at radius 3 is 2.00 bits per heavy atom. The number of carbonyl (C=O) groups is 1. The number of non-ortho nitro benzene ring substituents is 1. The van der Waals surface area contributed by atoms with Gasteiger partial charge in [-0.2, -0.15) is 0 Å². The van der Waals surface area contributed by atoms with E-state index in [1.807, 2.05) is 0 Å². The molecule has 0 aliphatic heterocycles. The lowest BCUT2D eigenvalue weighted by atomic mass is 9.96. The average Bonchev–Trinajstić information content (AvgIpc) is 2.70. The number of nitro groups is 1. The molecule has 0 saturated carbocycles. The third-order valence-electron chi connectivity index (χ3n) is 5.36. The number of rotatable bonds is 16. The number of amides is 1. The van der Waals surface area contributed by atoms with Crippen molar-refractivity contribution in [3.8, 4) is 0 Å². The predicted octanol–water partition coefficient (Wildman–Crippen LogP) is 2.80. The van der Waals surface area contributed by atoms with Crippen molar-refractivity contribution >= 4 is 24.2 Å². The lowest BCUT2D eigenvalue weighted by Gasteiger charge is -2.18. The smallest absolute Gasteiger partial charge is 0.269 e. The van der Waals surface area contributed by atoms with E-state index in [2.05, 4.69) is 31.8 Å². The highest BCUT2D eigenvalue weighted by atomic mass is 79.9. The zero-order chi connectivity index (χ0) is 21.5. The minimum atomic E-state index is -0.466. The quantitative estimate of drug-likeness (QED) is 0.163. The first-order valence-electron chi connectivity index (χ1n) is 11.1. The number of carbonyl (C=O) groups excluding carboxylic acids is 1. The van der Waals surface area contributed by atoms with Gasteiger partial charge in [-0.05, 0) is 57.4 Å². The molecule has 0 radical (unpaired) electrons. The number of nitrogens with one attached hydrogen (secondary N) is 1. The van der Waals surface area contributed by atoms with E-state index >= 15 is 0 Å². The highest BCUT2D eigenvalue weighted by Gasteiger charge is 2.24. The Hall–Kier alpha value is -1.08. The molecule has 1 rings (SSSR count). The number of hydrogen-bond acceptors (Lipinski definition) is 3. The maximum atomic E-state index is 12.1. The fraction of sp³-hybridized carbons (Fsp3) is 0.696. The average molecular weight is 504 g/mol. The predicted molar refractivity (Wildman–Crippen MR) is 125 cm³/mol. The van der Waals surface area contributed by atoms with Crippen LogP contribution in [-0.2, 0) is 12.6 Å². The molecule has 0 fully saturated rings.